The van der Waals surface area contributed by atoms with Gasteiger partial charge in [-0.15, -0.1) is 0 Å². The number of halogens is 3. The van der Waals surface area contributed by atoms with Crippen LogP contribution in [0.15, 0.2) is 48.5 Å². The summed E-state index contributed by atoms with van der Waals surface area (Å²) in [5.41, 5.74) is 0.0275. The highest BCUT2D eigenvalue weighted by Gasteiger charge is 2.32. The summed E-state index contributed by atoms with van der Waals surface area (Å²) in [5, 5.41) is 3.27. The quantitative estimate of drug-likeness (QED) is 0.720. The van der Waals surface area contributed by atoms with Crippen LogP contribution in [0.2, 0.25) is 0 Å². The highest BCUT2D eigenvalue weighted by Crippen LogP contribution is 2.29. The molecule has 1 aliphatic heterocycles. The van der Waals surface area contributed by atoms with E-state index in [-0.39, 0.29) is 5.82 Å². The van der Waals surface area contributed by atoms with Crippen LogP contribution in [0.3, 0.4) is 0 Å². The van der Waals surface area contributed by atoms with Crippen LogP contribution in [-0.4, -0.2) is 29.0 Å². The van der Waals surface area contributed by atoms with Crippen molar-refractivity contribution in [3.63, 3.8) is 0 Å². The fraction of sp³-hybridized carbons (Fsp3) is 0.250. The third kappa shape index (κ3) is 3.62. The van der Waals surface area contributed by atoms with Gasteiger partial charge in [0.15, 0.2) is 0 Å². The number of benzene rings is 1. The van der Waals surface area contributed by atoms with Crippen molar-refractivity contribution in [1.29, 1.82) is 0 Å². The van der Waals surface area contributed by atoms with Crippen molar-refractivity contribution in [1.82, 2.24) is 9.97 Å². The van der Waals surface area contributed by atoms with E-state index in [2.05, 4.69) is 15.3 Å². The van der Waals surface area contributed by atoms with Crippen molar-refractivity contribution in [2.24, 2.45) is 0 Å². The monoisotopic (exact) mass is 386 g/mol. The number of para-hydroxylation sites is 1. The molecule has 1 aliphatic rings. The van der Waals surface area contributed by atoms with Crippen molar-refractivity contribution in [2.45, 2.75) is 19.0 Å². The maximum atomic E-state index is 12.9. The molecule has 3 heterocycles. The van der Waals surface area contributed by atoms with Crippen molar-refractivity contribution in [2.75, 3.05) is 23.3 Å². The Morgan fingerprint density at radius 1 is 1.00 bits per heavy atom. The standard InChI is InChI=1S/C20H17F3N4O/c21-20(22,23)16-8-5-9-17(25-16)26-19(28)14-12-13-6-1-2-7-15(13)24-18(14)27-10-3-4-11-27/h1-2,5-9,12H,3-4,10-11H2,(H,25,26,28). The number of anilines is 2. The molecule has 1 fully saturated rings. The molecule has 0 unspecified atom stereocenters. The van der Waals surface area contributed by atoms with Crippen molar-refractivity contribution >= 4 is 28.4 Å². The minimum Gasteiger partial charge on any atom is -0.356 e. The Bertz CT molecular complexity index is 1030. The van der Waals surface area contributed by atoms with Gasteiger partial charge in [0, 0.05) is 18.5 Å². The van der Waals surface area contributed by atoms with E-state index in [9.17, 15) is 18.0 Å². The summed E-state index contributed by atoms with van der Waals surface area (Å²) in [7, 11) is 0. The van der Waals surface area contributed by atoms with Gasteiger partial charge < -0.3 is 10.2 Å². The molecule has 2 aromatic heterocycles. The van der Waals surface area contributed by atoms with E-state index in [1.54, 1.807) is 6.07 Å². The maximum Gasteiger partial charge on any atom is 0.433 e. The Labute approximate surface area is 159 Å². The number of alkyl halides is 3. The predicted molar refractivity (Wildman–Crippen MR) is 100 cm³/mol. The molecule has 0 spiro atoms. The first-order valence-electron chi connectivity index (χ1n) is 8.92. The van der Waals surface area contributed by atoms with E-state index in [1.807, 2.05) is 29.2 Å². The lowest BCUT2D eigenvalue weighted by atomic mass is 10.1. The average molecular weight is 386 g/mol. The minimum absolute atomic E-state index is 0.152. The van der Waals surface area contributed by atoms with Gasteiger partial charge in [-0.2, -0.15) is 13.2 Å². The van der Waals surface area contributed by atoms with Crippen molar-refractivity contribution in [3.05, 3.63) is 59.8 Å². The van der Waals surface area contributed by atoms with Gasteiger partial charge in [0.2, 0.25) is 0 Å². The predicted octanol–water partition coefficient (Wildman–Crippen LogP) is 4.50. The van der Waals surface area contributed by atoms with Crippen LogP contribution >= 0.6 is 0 Å². The molecule has 1 aromatic carbocycles. The van der Waals surface area contributed by atoms with E-state index in [0.29, 0.717) is 11.4 Å². The second-order valence-corrected chi connectivity index (χ2v) is 6.61. The highest BCUT2D eigenvalue weighted by atomic mass is 19.4. The van der Waals surface area contributed by atoms with Crippen LogP contribution in [-0.2, 0) is 6.18 Å². The van der Waals surface area contributed by atoms with E-state index >= 15 is 0 Å². The third-order valence-electron chi connectivity index (χ3n) is 4.64. The Morgan fingerprint density at radius 3 is 2.50 bits per heavy atom. The molecular formula is C20H17F3N4O. The number of carbonyl (C=O) groups is 1. The lowest BCUT2D eigenvalue weighted by Gasteiger charge is -2.20. The number of hydrogen-bond donors (Lipinski definition) is 1. The molecule has 0 saturated carbocycles. The summed E-state index contributed by atoms with van der Waals surface area (Å²) in [4.78, 5) is 23.1. The van der Waals surface area contributed by atoms with Gasteiger partial charge >= 0.3 is 6.18 Å². The van der Waals surface area contributed by atoms with Crippen molar-refractivity contribution < 1.29 is 18.0 Å². The molecule has 144 valence electrons. The highest BCUT2D eigenvalue weighted by molar-refractivity contribution is 6.09. The summed E-state index contributed by atoms with van der Waals surface area (Å²) in [6, 6.07) is 12.6. The molecular weight excluding hydrogens is 369 g/mol. The Balaban J connectivity index is 1.71. The van der Waals surface area contributed by atoms with Crippen LogP contribution in [0.25, 0.3) is 10.9 Å². The third-order valence-corrected chi connectivity index (χ3v) is 4.64. The number of amides is 1. The average Bonchev–Trinajstić information content (AvgIpc) is 3.21. The minimum atomic E-state index is -4.58. The Morgan fingerprint density at radius 2 is 1.75 bits per heavy atom. The molecule has 0 bridgehead atoms. The summed E-state index contributed by atoms with van der Waals surface area (Å²) in [5.74, 6) is -0.145. The van der Waals surface area contributed by atoms with E-state index in [4.69, 9.17) is 0 Å². The normalized spacial score (nSPS) is 14.5. The fourth-order valence-corrected chi connectivity index (χ4v) is 3.29. The van der Waals surface area contributed by atoms with Gasteiger partial charge in [0.25, 0.3) is 5.91 Å². The second kappa shape index (κ2) is 7.10. The van der Waals surface area contributed by atoms with Gasteiger partial charge in [0.05, 0.1) is 11.1 Å². The van der Waals surface area contributed by atoms with E-state index < -0.39 is 17.8 Å². The molecule has 0 radical (unpaired) electrons. The molecule has 28 heavy (non-hydrogen) atoms. The zero-order chi connectivity index (χ0) is 19.7. The smallest absolute Gasteiger partial charge is 0.356 e. The van der Waals surface area contributed by atoms with Gasteiger partial charge in [0.1, 0.15) is 17.3 Å². The number of pyridine rings is 2. The van der Waals surface area contributed by atoms with Gasteiger partial charge in [-0.25, -0.2) is 9.97 Å². The number of nitrogens with one attached hydrogen (secondary N) is 1. The summed E-state index contributed by atoms with van der Waals surface area (Å²) >= 11 is 0. The zero-order valence-corrected chi connectivity index (χ0v) is 14.8. The lowest BCUT2D eigenvalue weighted by molar-refractivity contribution is -0.141. The molecule has 1 saturated heterocycles. The molecule has 5 nitrogen and oxygen atoms in total. The number of rotatable bonds is 3. The number of aromatic nitrogens is 2. The molecule has 8 heteroatoms. The first kappa shape index (κ1) is 18.2. The van der Waals surface area contributed by atoms with Crippen LogP contribution in [0, 0.1) is 0 Å². The summed E-state index contributed by atoms with van der Waals surface area (Å²) in [6.07, 6.45) is -2.57. The van der Waals surface area contributed by atoms with Gasteiger partial charge in [-0.3, -0.25) is 4.79 Å². The topological polar surface area (TPSA) is 58.1 Å². The number of hydrogen-bond acceptors (Lipinski definition) is 4. The van der Waals surface area contributed by atoms with Crippen LogP contribution < -0.4 is 10.2 Å². The molecule has 3 aromatic rings. The molecule has 0 aliphatic carbocycles. The second-order valence-electron chi connectivity index (χ2n) is 6.61. The lowest BCUT2D eigenvalue weighted by Crippen LogP contribution is -2.24. The number of fused-ring (bicyclic) bond motifs is 1. The Hall–Kier alpha value is -3.16. The van der Waals surface area contributed by atoms with Crippen molar-refractivity contribution in [3.8, 4) is 0 Å². The van der Waals surface area contributed by atoms with E-state index in [0.717, 1.165) is 42.9 Å². The first-order chi connectivity index (χ1) is 13.4. The molecule has 1 N–H and O–H groups in total. The van der Waals surface area contributed by atoms with Crippen LogP contribution in [0.4, 0.5) is 24.8 Å². The SMILES string of the molecule is O=C(Nc1cccc(C(F)(F)F)n1)c1cc2ccccc2nc1N1CCCC1. The first-order valence-corrected chi connectivity index (χ1v) is 8.92. The summed E-state index contributed by atoms with van der Waals surface area (Å²) < 4.78 is 38.6. The number of carbonyl (C=O) groups excluding carboxylic acids is 1. The maximum absolute atomic E-state index is 12.9. The number of nitrogens with zero attached hydrogens (tertiary/aromatic N) is 3. The van der Waals surface area contributed by atoms with Gasteiger partial charge in [-0.1, -0.05) is 24.3 Å². The molecule has 4 rings (SSSR count). The zero-order valence-electron chi connectivity index (χ0n) is 14.8. The largest absolute Gasteiger partial charge is 0.433 e. The summed E-state index contributed by atoms with van der Waals surface area (Å²) in [6.45, 7) is 1.57. The molecule has 1 amide bonds. The van der Waals surface area contributed by atoms with Gasteiger partial charge in [-0.05, 0) is 37.1 Å². The Kier molecular flexibility index (Phi) is 4.62. The van der Waals surface area contributed by atoms with E-state index in [1.165, 1.54) is 12.1 Å². The van der Waals surface area contributed by atoms with Crippen LogP contribution in [0.1, 0.15) is 28.9 Å². The van der Waals surface area contributed by atoms with Crippen LogP contribution in [0.5, 0.6) is 0 Å². The fourth-order valence-electron chi connectivity index (χ4n) is 3.29. The molecule has 0 atom stereocenters.